The summed E-state index contributed by atoms with van der Waals surface area (Å²) < 4.78 is 38.0. The lowest BCUT2D eigenvalue weighted by Gasteiger charge is -2.08. The number of carboxylic acid groups (broad SMARTS) is 2. The zero-order chi connectivity index (χ0) is 14.6. The van der Waals surface area contributed by atoms with Crippen LogP contribution < -0.4 is 4.72 Å². The molecule has 0 unspecified atom stereocenters. The highest BCUT2D eigenvalue weighted by atomic mass is 32.2. The molecule has 7 nitrogen and oxygen atoms in total. The third-order valence-electron chi connectivity index (χ3n) is 2.06. The number of aromatic carboxylic acids is 1. The van der Waals surface area contributed by atoms with Crippen LogP contribution in [0.2, 0.25) is 0 Å². The first-order valence-electron chi connectivity index (χ1n) is 4.96. The fourth-order valence-corrected chi connectivity index (χ4v) is 2.21. The van der Waals surface area contributed by atoms with Gasteiger partial charge < -0.3 is 10.2 Å². The van der Waals surface area contributed by atoms with Crippen LogP contribution in [0.5, 0.6) is 0 Å². The van der Waals surface area contributed by atoms with E-state index in [1.807, 2.05) is 4.72 Å². The second-order valence-electron chi connectivity index (χ2n) is 3.56. The zero-order valence-electron chi connectivity index (χ0n) is 9.46. The van der Waals surface area contributed by atoms with E-state index < -0.39 is 45.6 Å². The number of carboxylic acids is 2. The summed E-state index contributed by atoms with van der Waals surface area (Å²) in [5.74, 6) is -4.35. The highest BCUT2D eigenvalue weighted by Crippen LogP contribution is 2.18. The summed E-state index contributed by atoms with van der Waals surface area (Å²) in [5.41, 5.74) is -0.831. The number of anilines is 1. The van der Waals surface area contributed by atoms with E-state index in [9.17, 15) is 22.4 Å². The van der Waals surface area contributed by atoms with Gasteiger partial charge in [0.15, 0.2) is 0 Å². The van der Waals surface area contributed by atoms with Crippen molar-refractivity contribution in [3.63, 3.8) is 0 Å². The quantitative estimate of drug-likeness (QED) is 0.710. The minimum Gasteiger partial charge on any atom is -0.481 e. The Balaban J connectivity index is 2.95. The molecule has 0 spiro atoms. The van der Waals surface area contributed by atoms with E-state index in [4.69, 9.17) is 10.2 Å². The number of rotatable bonds is 6. The van der Waals surface area contributed by atoms with E-state index >= 15 is 0 Å². The van der Waals surface area contributed by atoms with Crippen LogP contribution >= 0.6 is 0 Å². The molecular formula is C10H10FNO6S. The number of benzene rings is 1. The summed E-state index contributed by atoms with van der Waals surface area (Å²) in [7, 11) is -4.06. The number of aliphatic carboxylic acids is 1. The van der Waals surface area contributed by atoms with Crippen molar-refractivity contribution >= 4 is 27.6 Å². The number of hydrogen-bond donors (Lipinski definition) is 3. The van der Waals surface area contributed by atoms with Crippen LogP contribution in [-0.4, -0.2) is 36.3 Å². The molecule has 3 N–H and O–H groups in total. The molecule has 1 rings (SSSR count). The van der Waals surface area contributed by atoms with Gasteiger partial charge in [-0.25, -0.2) is 17.6 Å². The van der Waals surface area contributed by atoms with Crippen molar-refractivity contribution in [2.75, 3.05) is 10.5 Å². The Hall–Kier alpha value is -2.16. The average Bonchev–Trinajstić information content (AvgIpc) is 2.29. The Labute approximate surface area is 107 Å². The summed E-state index contributed by atoms with van der Waals surface area (Å²) in [4.78, 5) is 20.9. The van der Waals surface area contributed by atoms with Gasteiger partial charge >= 0.3 is 11.9 Å². The monoisotopic (exact) mass is 291 g/mol. The van der Waals surface area contributed by atoms with Crippen molar-refractivity contribution in [2.45, 2.75) is 6.42 Å². The van der Waals surface area contributed by atoms with Gasteiger partial charge in [0.2, 0.25) is 10.0 Å². The molecule has 0 amide bonds. The van der Waals surface area contributed by atoms with E-state index in [2.05, 4.69) is 0 Å². The predicted octanol–water partition coefficient (Wildman–Crippen LogP) is 0.740. The Morgan fingerprint density at radius 1 is 1.26 bits per heavy atom. The number of halogens is 1. The largest absolute Gasteiger partial charge is 0.481 e. The van der Waals surface area contributed by atoms with Crippen LogP contribution in [0.4, 0.5) is 10.1 Å². The van der Waals surface area contributed by atoms with Gasteiger partial charge in [0.25, 0.3) is 0 Å². The minimum atomic E-state index is -4.06. The van der Waals surface area contributed by atoms with E-state index in [-0.39, 0.29) is 5.56 Å². The zero-order valence-corrected chi connectivity index (χ0v) is 10.3. The van der Waals surface area contributed by atoms with Crippen molar-refractivity contribution in [2.24, 2.45) is 0 Å². The second kappa shape index (κ2) is 5.65. The lowest BCUT2D eigenvalue weighted by Crippen LogP contribution is -2.19. The predicted molar refractivity (Wildman–Crippen MR) is 63.0 cm³/mol. The first-order chi connectivity index (χ1) is 8.71. The Bertz CT molecular complexity index is 612. The molecule has 0 saturated heterocycles. The van der Waals surface area contributed by atoms with Gasteiger partial charge in [0, 0.05) is 0 Å². The maximum absolute atomic E-state index is 13.3. The number of nitrogens with one attached hydrogen (secondary N) is 1. The summed E-state index contributed by atoms with van der Waals surface area (Å²) >= 11 is 0. The lowest BCUT2D eigenvalue weighted by molar-refractivity contribution is -0.136. The number of carbonyl (C=O) groups is 2. The van der Waals surface area contributed by atoms with E-state index in [1.54, 1.807) is 0 Å². The molecule has 0 bridgehead atoms. The van der Waals surface area contributed by atoms with Crippen molar-refractivity contribution < 1.29 is 32.6 Å². The third-order valence-corrected chi connectivity index (χ3v) is 3.34. The van der Waals surface area contributed by atoms with Gasteiger partial charge in [-0.3, -0.25) is 9.52 Å². The summed E-state index contributed by atoms with van der Waals surface area (Å²) in [6, 6.07) is 2.60. The minimum absolute atomic E-state index is 0.294. The normalized spacial score (nSPS) is 11.0. The van der Waals surface area contributed by atoms with Crippen molar-refractivity contribution in [3.8, 4) is 0 Å². The smallest absolute Gasteiger partial charge is 0.335 e. The molecule has 0 radical (unpaired) electrons. The number of hydrogen-bond acceptors (Lipinski definition) is 4. The van der Waals surface area contributed by atoms with Crippen LogP contribution in [0, 0.1) is 5.82 Å². The molecule has 9 heteroatoms. The summed E-state index contributed by atoms with van der Waals surface area (Å²) in [6.07, 6.45) is -0.643. The third kappa shape index (κ3) is 4.54. The molecule has 0 saturated carbocycles. The van der Waals surface area contributed by atoms with E-state index in [0.29, 0.717) is 0 Å². The van der Waals surface area contributed by atoms with Gasteiger partial charge in [-0.15, -0.1) is 0 Å². The first-order valence-corrected chi connectivity index (χ1v) is 6.61. The molecule has 0 heterocycles. The second-order valence-corrected chi connectivity index (χ2v) is 5.41. The SMILES string of the molecule is O=C(O)CCS(=O)(=O)Nc1cc(C(=O)O)ccc1F. The molecule has 104 valence electrons. The average molecular weight is 291 g/mol. The maximum atomic E-state index is 13.3. The number of sulfonamides is 1. The van der Waals surface area contributed by atoms with Crippen LogP contribution in [-0.2, 0) is 14.8 Å². The Kier molecular flexibility index (Phi) is 4.43. The Morgan fingerprint density at radius 3 is 2.42 bits per heavy atom. The standard InChI is InChI=1S/C10H10FNO6S/c11-7-2-1-6(10(15)16)5-8(7)12-19(17,18)4-3-9(13)14/h1-2,5,12H,3-4H2,(H,13,14)(H,15,16). The molecular weight excluding hydrogens is 281 g/mol. The maximum Gasteiger partial charge on any atom is 0.335 e. The molecule has 1 aromatic rings. The van der Waals surface area contributed by atoms with Crippen molar-refractivity contribution in [1.82, 2.24) is 0 Å². The molecule has 1 aromatic carbocycles. The lowest BCUT2D eigenvalue weighted by atomic mass is 10.2. The van der Waals surface area contributed by atoms with Crippen LogP contribution in [0.1, 0.15) is 16.8 Å². The van der Waals surface area contributed by atoms with Gasteiger partial charge in [0.05, 0.1) is 23.4 Å². The summed E-state index contributed by atoms with van der Waals surface area (Å²) in [5, 5.41) is 17.1. The molecule has 0 aliphatic rings. The van der Waals surface area contributed by atoms with Crippen LogP contribution in [0.25, 0.3) is 0 Å². The fourth-order valence-electron chi connectivity index (χ4n) is 1.18. The van der Waals surface area contributed by atoms with E-state index in [0.717, 1.165) is 18.2 Å². The first kappa shape index (κ1) is 14.9. The van der Waals surface area contributed by atoms with Crippen molar-refractivity contribution in [3.05, 3.63) is 29.6 Å². The van der Waals surface area contributed by atoms with E-state index in [1.165, 1.54) is 0 Å². The van der Waals surface area contributed by atoms with Gasteiger partial charge in [-0.05, 0) is 18.2 Å². The van der Waals surface area contributed by atoms with Gasteiger partial charge in [-0.1, -0.05) is 0 Å². The highest BCUT2D eigenvalue weighted by molar-refractivity contribution is 7.92. The van der Waals surface area contributed by atoms with Gasteiger partial charge in [0.1, 0.15) is 5.82 Å². The van der Waals surface area contributed by atoms with Crippen LogP contribution in [0.15, 0.2) is 18.2 Å². The molecule has 0 fully saturated rings. The molecule has 0 aliphatic heterocycles. The fraction of sp³-hybridized carbons (Fsp3) is 0.200. The van der Waals surface area contributed by atoms with Crippen LogP contribution in [0.3, 0.4) is 0 Å². The summed E-state index contributed by atoms with van der Waals surface area (Å²) in [6.45, 7) is 0. The molecule has 0 aliphatic carbocycles. The van der Waals surface area contributed by atoms with Gasteiger partial charge in [-0.2, -0.15) is 0 Å². The highest BCUT2D eigenvalue weighted by Gasteiger charge is 2.16. The molecule has 0 aromatic heterocycles. The topological polar surface area (TPSA) is 121 Å². The molecule has 0 atom stereocenters. The molecule has 19 heavy (non-hydrogen) atoms. The van der Waals surface area contributed by atoms with Crippen molar-refractivity contribution in [1.29, 1.82) is 0 Å². The Morgan fingerprint density at radius 2 is 1.89 bits per heavy atom.